The van der Waals surface area contributed by atoms with Crippen LogP contribution in [0.15, 0.2) is 206 Å². The largest absolute Gasteiger partial charge is 0.310 e. The monoisotopic (exact) mass is 806 g/mol. The fourth-order valence-electron chi connectivity index (χ4n) is 12.2. The van der Waals surface area contributed by atoms with Crippen molar-refractivity contribution in [3.05, 3.63) is 251 Å². The van der Waals surface area contributed by atoms with Crippen LogP contribution in [0.3, 0.4) is 0 Å². The van der Waals surface area contributed by atoms with Crippen LogP contribution in [0, 0.1) is 0 Å². The standard InChI is InChI=1S/C61H46N2/c1-59(2)48-22-10-8-19-44(48)45-35-33-42(37-54(45)59)62(41-31-29-40(30-32-41)39-17-6-5-7-18-39)43-34-36-50-55(38-43)61(51-24-12-11-23-49(51)60(50,3)4)52-25-13-15-28-57(52)63-56-27-14-9-20-46(56)47-21-16-26-53(61)58(47)63/h5-38H,1-4H3. The minimum atomic E-state index is -0.595. The van der Waals surface area contributed by atoms with E-state index in [4.69, 9.17) is 0 Å². The summed E-state index contributed by atoms with van der Waals surface area (Å²) in [4.78, 5) is 2.50. The molecule has 2 aliphatic carbocycles. The smallest absolute Gasteiger partial charge is 0.0749 e. The Hall–Kier alpha value is -7.42. The molecule has 0 saturated carbocycles. The topological polar surface area (TPSA) is 8.17 Å². The first-order valence-electron chi connectivity index (χ1n) is 22.4. The van der Waals surface area contributed by atoms with Crippen LogP contribution in [-0.2, 0) is 16.2 Å². The zero-order valence-electron chi connectivity index (χ0n) is 36.0. The molecule has 0 radical (unpaired) electrons. The third-order valence-electron chi connectivity index (χ3n) is 15.0. The molecule has 1 spiro atoms. The molecule has 2 heterocycles. The van der Waals surface area contributed by atoms with Crippen LogP contribution < -0.4 is 4.90 Å². The fourth-order valence-corrected chi connectivity index (χ4v) is 12.2. The van der Waals surface area contributed by atoms with Crippen molar-refractivity contribution in [1.82, 2.24) is 4.57 Å². The van der Waals surface area contributed by atoms with E-state index in [0.29, 0.717) is 0 Å². The maximum absolute atomic E-state index is 2.55. The fraction of sp³-hybridized carbons (Fsp3) is 0.115. The summed E-state index contributed by atoms with van der Waals surface area (Å²) in [6, 6.07) is 77.8. The SMILES string of the molecule is CC1(C)c2ccccc2-c2ccc(N(c3ccc(-c4ccccc4)cc3)c3ccc4c(c3)C3(c5ccccc5-n5c6ccccc6c6cccc3c65)c3ccccc3C4(C)C)cc21. The van der Waals surface area contributed by atoms with Gasteiger partial charge in [0, 0.05) is 38.7 Å². The Balaban J connectivity index is 1.11. The lowest BCUT2D eigenvalue weighted by Gasteiger charge is -2.50. The first-order chi connectivity index (χ1) is 30.8. The third-order valence-corrected chi connectivity index (χ3v) is 15.0. The lowest BCUT2D eigenvalue weighted by molar-refractivity contribution is 0.556. The van der Waals surface area contributed by atoms with Crippen LogP contribution in [-0.4, -0.2) is 4.57 Å². The third kappa shape index (κ3) is 4.73. The zero-order chi connectivity index (χ0) is 42.2. The molecule has 300 valence electrons. The Bertz CT molecular complexity index is 3510. The number of hydrogen-bond acceptors (Lipinski definition) is 1. The predicted molar refractivity (Wildman–Crippen MR) is 262 cm³/mol. The molecule has 0 amide bonds. The number of nitrogens with zero attached hydrogens (tertiary/aromatic N) is 2. The highest BCUT2D eigenvalue weighted by Crippen LogP contribution is 2.61. The minimum Gasteiger partial charge on any atom is -0.310 e. The van der Waals surface area contributed by atoms with Gasteiger partial charge in [-0.05, 0) is 115 Å². The quantitative estimate of drug-likeness (QED) is 0.172. The van der Waals surface area contributed by atoms with E-state index in [9.17, 15) is 0 Å². The van der Waals surface area contributed by atoms with Crippen LogP contribution in [0.25, 0.3) is 49.7 Å². The Morgan fingerprint density at radius 3 is 1.70 bits per heavy atom. The molecule has 13 rings (SSSR count). The summed E-state index contributed by atoms with van der Waals surface area (Å²) < 4.78 is 2.54. The van der Waals surface area contributed by atoms with E-state index in [0.717, 1.165) is 17.1 Å². The Morgan fingerprint density at radius 1 is 0.349 bits per heavy atom. The van der Waals surface area contributed by atoms with Gasteiger partial charge < -0.3 is 9.47 Å². The van der Waals surface area contributed by atoms with Gasteiger partial charge >= 0.3 is 0 Å². The summed E-state index contributed by atoms with van der Waals surface area (Å²) in [5, 5.41) is 2.57. The van der Waals surface area contributed by atoms with Crippen LogP contribution in [0.4, 0.5) is 17.1 Å². The second kappa shape index (κ2) is 12.8. The molecule has 1 atom stereocenters. The first kappa shape index (κ1) is 36.3. The van der Waals surface area contributed by atoms with Crippen molar-refractivity contribution in [3.63, 3.8) is 0 Å². The predicted octanol–water partition coefficient (Wildman–Crippen LogP) is 15.6. The number of anilines is 3. The van der Waals surface area contributed by atoms with Crippen molar-refractivity contribution < 1.29 is 0 Å². The number of rotatable bonds is 4. The van der Waals surface area contributed by atoms with E-state index in [2.05, 4.69) is 243 Å². The van der Waals surface area contributed by atoms with E-state index < -0.39 is 5.41 Å². The van der Waals surface area contributed by atoms with E-state index in [-0.39, 0.29) is 10.8 Å². The van der Waals surface area contributed by atoms with Gasteiger partial charge in [-0.2, -0.15) is 0 Å². The molecule has 2 heteroatoms. The Labute approximate surface area is 369 Å². The van der Waals surface area contributed by atoms with Crippen molar-refractivity contribution in [2.75, 3.05) is 4.90 Å². The van der Waals surface area contributed by atoms with Gasteiger partial charge in [0.2, 0.25) is 0 Å². The molecule has 1 aromatic heterocycles. The maximum atomic E-state index is 2.55. The molecule has 0 fully saturated rings. The van der Waals surface area contributed by atoms with E-state index in [1.807, 2.05) is 0 Å². The molecule has 0 bridgehead atoms. The lowest BCUT2D eigenvalue weighted by Crippen LogP contribution is -2.44. The lowest BCUT2D eigenvalue weighted by atomic mass is 9.53. The molecule has 3 aliphatic rings. The van der Waals surface area contributed by atoms with Crippen molar-refractivity contribution in [2.45, 2.75) is 43.9 Å². The van der Waals surface area contributed by atoms with Crippen molar-refractivity contribution in [2.24, 2.45) is 0 Å². The Kier molecular flexibility index (Phi) is 7.37. The van der Waals surface area contributed by atoms with Gasteiger partial charge in [-0.1, -0.05) is 185 Å². The van der Waals surface area contributed by atoms with Crippen LogP contribution in [0.5, 0.6) is 0 Å². The van der Waals surface area contributed by atoms with E-state index in [1.165, 1.54) is 94.3 Å². The summed E-state index contributed by atoms with van der Waals surface area (Å²) in [6.07, 6.45) is 0. The van der Waals surface area contributed by atoms with Crippen LogP contribution in [0.2, 0.25) is 0 Å². The molecule has 63 heavy (non-hydrogen) atoms. The summed E-state index contributed by atoms with van der Waals surface area (Å²) in [5.74, 6) is 0. The maximum Gasteiger partial charge on any atom is 0.0749 e. The number of benzene rings is 9. The first-order valence-corrected chi connectivity index (χ1v) is 22.4. The van der Waals surface area contributed by atoms with Gasteiger partial charge in [-0.25, -0.2) is 0 Å². The molecular formula is C61H46N2. The van der Waals surface area contributed by atoms with Gasteiger partial charge in [-0.3, -0.25) is 0 Å². The summed E-state index contributed by atoms with van der Waals surface area (Å²) in [7, 11) is 0. The zero-order valence-corrected chi connectivity index (χ0v) is 36.0. The molecular weight excluding hydrogens is 761 g/mol. The molecule has 0 N–H and O–H groups in total. The van der Waals surface area contributed by atoms with Gasteiger partial charge in [0.15, 0.2) is 0 Å². The highest BCUT2D eigenvalue weighted by molar-refractivity contribution is 6.12. The van der Waals surface area contributed by atoms with Crippen molar-refractivity contribution in [3.8, 4) is 27.9 Å². The van der Waals surface area contributed by atoms with Crippen LogP contribution in [0.1, 0.15) is 72.2 Å². The molecule has 10 aromatic rings. The molecule has 9 aromatic carbocycles. The number of aromatic nitrogens is 1. The molecule has 1 aliphatic heterocycles. The molecule has 0 saturated heterocycles. The van der Waals surface area contributed by atoms with Crippen LogP contribution >= 0.6 is 0 Å². The number of fused-ring (bicyclic) bond motifs is 14. The second-order valence-corrected chi connectivity index (χ2v) is 18.9. The van der Waals surface area contributed by atoms with Crippen molar-refractivity contribution >= 4 is 38.9 Å². The number of hydrogen-bond donors (Lipinski definition) is 0. The Morgan fingerprint density at radius 2 is 0.889 bits per heavy atom. The van der Waals surface area contributed by atoms with Gasteiger partial charge in [0.05, 0.1) is 22.1 Å². The molecule has 1 unspecified atom stereocenters. The average Bonchev–Trinajstić information content (AvgIpc) is 3.78. The highest BCUT2D eigenvalue weighted by Gasteiger charge is 2.53. The highest BCUT2D eigenvalue weighted by atomic mass is 15.1. The van der Waals surface area contributed by atoms with Gasteiger partial charge in [0.25, 0.3) is 0 Å². The van der Waals surface area contributed by atoms with Gasteiger partial charge in [0.1, 0.15) is 0 Å². The summed E-state index contributed by atoms with van der Waals surface area (Å²) >= 11 is 0. The minimum absolute atomic E-state index is 0.138. The normalized spacial score (nSPS) is 16.9. The second-order valence-electron chi connectivity index (χ2n) is 18.9. The van der Waals surface area contributed by atoms with E-state index in [1.54, 1.807) is 0 Å². The van der Waals surface area contributed by atoms with Crippen molar-refractivity contribution in [1.29, 1.82) is 0 Å². The van der Waals surface area contributed by atoms with Gasteiger partial charge in [-0.15, -0.1) is 0 Å². The summed E-state index contributed by atoms with van der Waals surface area (Å²) in [5.41, 5.74) is 22.1. The van der Waals surface area contributed by atoms with E-state index >= 15 is 0 Å². The molecule has 2 nitrogen and oxygen atoms in total. The number of para-hydroxylation sites is 3. The average molecular weight is 807 g/mol. The summed E-state index contributed by atoms with van der Waals surface area (Å²) in [6.45, 7) is 9.60.